The number of hydrogen-bond acceptors (Lipinski definition) is 2. The number of unbranched alkanes of at least 4 members (excludes halogenated alkanes) is 1. The number of rotatable bonds is 7. The van der Waals surface area contributed by atoms with Crippen molar-refractivity contribution in [2.75, 3.05) is 5.32 Å². The zero-order valence-corrected chi connectivity index (χ0v) is 21.1. The molecule has 0 aliphatic carbocycles. The van der Waals surface area contributed by atoms with Crippen LogP contribution in [0, 0.1) is 30.2 Å². The fourth-order valence-electron chi connectivity index (χ4n) is 3.48. The minimum Gasteiger partial charge on any atom is -0.456 e. The summed E-state index contributed by atoms with van der Waals surface area (Å²) < 4.78 is 57.8. The summed E-state index contributed by atoms with van der Waals surface area (Å²) in [6, 6.07) is 16.1. The highest BCUT2D eigenvalue weighted by atomic mass is 35.5. The Morgan fingerprint density at radius 2 is 1.62 bits per heavy atom. The third-order valence-electron chi connectivity index (χ3n) is 5.57. The predicted octanol–water partition coefficient (Wildman–Crippen LogP) is 8.67. The number of benzene rings is 3. The first-order chi connectivity index (χ1) is 17.7. The lowest BCUT2D eigenvalue weighted by Crippen LogP contribution is -2.13. The molecule has 0 spiro atoms. The average molecular weight is 532 g/mol. The molecule has 194 valence electrons. The Morgan fingerprint density at radius 3 is 2.30 bits per heavy atom. The van der Waals surface area contributed by atoms with Gasteiger partial charge in [-0.05, 0) is 85.0 Å². The molecule has 1 amide bonds. The summed E-state index contributed by atoms with van der Waals surface area (Å²) in [5.74, 6) is -3.43. The van der Waals surface area contributed by atoms with E-state index in [-0.39, 0.29) is 5.76 Å². The lowest BCUT2D eigenvalue weighted by atomic mass is 10.0. The molecule has 1 N–H and O–H groups in total. The number of anilines is 1. The maximum Gasteiger partial charge on any atom is 0.291 e. The van der Waals surface area contributed by atoms with Crippen molar-refractivity contribution in [3.8, 4) is 0 Å². The van der Waals surface area contributed by atoms with Gasteiger partial charge in [0.15, 0.2) is 17.4 Å². The summed E-state index contributed by atoms with van der Waals surface area (Å²) in [6.07, 6.45) is 3.37. The standard InChI is InChI=1S/C19H14ClF2NO2.C10H12F2/c1-11-5-6-13(20)9-12(11)10-14-7-8-17(25-14)19(24)23-18-15(21)3-2-4-16(18)22;1-2-3-4-8-5-6-9(11)10(12)7-8/h2-9H,10H2,1H3,(H,23,24);5-7H,2-4H2,1H3. The molecule has 3 nitrogen and oxygen atoms in total. The molecule has 0 radical (unpaired) electrons. The van der Waals surface area contributed by atoms with E-state index in [1.54, 1.807) is 18.2 Å². The second-order valence-corrected chi connectivity index (χ2v) is 8.85. The van der Waals surface area contributed by atoms with E-state index in [2.05, 4.69) is 12.2 Å². The number of nitrogens with one attached hydrogen (secondary N) is 1. The van der Waals surface area contributed by atoms with Crippen LogP contribution in [0.4, 0.5) is 23.2 Å². The number of carbonyl (C=O) groups excluding carboxylic acids is 1. The highest BCUT2D eigenvalue weighted by Crippen LogP contribution is 2.22. The van der Waals surface area contributed by atoms with Gasteiger partial charge in [-0.15, -0.1) is 0 Å². The summed E-state index contributed by atoms with van der Waals surface area (Å²) in [6.45, 7) is 4.02. The first-order valence-electron chi connectivity index (χ1n) is 11.7. The quantitative estimate of drug-likeness (QED) is 0.242. The van der Waals surface area contributed by atoms with Crippen LogP contribution in [0.2, 0.25) is 5.02 Å². The van der Waals surface area contributed by atoms with E-state index in [4.69, 9.17) is 16.0 Å². The van der Waals surface area contributed by atoms with Crippen LogP contribution in [-0.2, 0) is 12.8 Å². The van der Waals surface area contributed by atoms with E-state index in [0.29, 0.717) is 17.2 Å². The van der Waals surface area contributed by atoms with Crippen LogP contribution in [0.5, 0.6) is 0 Å². The monoisotopic (exact) mass is 531 g/mol. The lowest BCUT2D eigenvalue weighted by Gasteiger charge is -2.06. The molecule has 0 saturated carbocycles. The molecule has 0 saturated heterocycles. The van der Waals surface area contributed by atoms with Crippen LogP contribution < -0.4 is 5.32 Å². The van der Waals surface area contributed by atoms with E-state index in [1.165, 1.54) is 24.3 Å². The number of halogens is 5. The predicted molar refractivity (Wildman–Crippen MR) is 137 cm³/mol. The fraction of sp³-hybridized carbons (Fsp3) is 0.207. The van der Waals surface area contributed by atoms with E-state index in [0.717, 1.165) is 48.1 Å². The SMILES string of the molecule is CCCCc1ccc(F)c(F)c1.Cc1ccc(Cl)cc1Cc1ccc(C(=O)Nc2c(F)cccc2F)o1. The molecule has 0 bridgehead atoms. The van der Waals surface area contributed by atoms with Gasteiger partial charge < -0.3 is 9.73 Å². The van der Waals surface area contributed by atoms with E-state index in [1.807, 2.05) is 19.1 Å². The normalized spacial score (nSPS) is 10.6. The second kappa shape index (κ2) is 13.1. The number of carbonyl (C=O) groups is 1. The van der Waals surface area contributed by atoms with Gasteiger partial charge in [-0.3, -0.25) is 4.79 Å². The van der Waals surface area contributed by atoms with Crippen molar-refractivity contribution in [3.63, 3.8) is 0 Å². The Kier molecular flexibility index (Phi) is 9.92. The molecule has 4 aromatic rings. The van der Waals surface area contributed by atoms with Crippen LogP contribution >= 0.6 is 11.6 Å². The number of hydrogen-bond donors (Lipinski definition) is 1. The van der Waals surface area contributed by atoms with Crippen molar-refractivity contribution in [3.05, 3.63) is 123 Å². The van der Waals surface area contributed by atoms with Crippen LogP contribution in [0.3, 0.4) is 0 Å². The van der Waals surface area contributed by atoms with Gasteiger partial charge in [-0.2, -0.15) is 0 Å². The minimum atomic E-state index is -0.852. The van der Waals surface area contributed by atoms with Gasteiger partial charge in [0.05, 0.1) is 0 Å². The van der Waals surface area contributed by atoms with Crippen molar-refractivity contribution < 1.29 is 26.8 Å². The molecule has 1 aromatic heterocycles. The third-order valence-corrected chi connectivity index (χ3v) is 5.80. The van der Waals surface area contributed by atoms with Crippen LogP contribution in [0.1, 0.15) is 52.8 Å². The molecule has 4 rings (SSSR count). The Labute approximate surface area is 218 Å². The maximum absolute atomic E-state index is 13.6. The first-order valence-corrected chi connectivity index (χ1v) is 12.1. The van der Waals surface area contributed by atoms with Gasteiger partial charge in [0.25, 0.3) is 5.91 Å². The smallest absolute Gasteiger partial charge is 0.291 e. The van der Waals surface area contributed by atoms with Crippen molar-refractivity contribution in [2.45, 2.75) is 39.5 Å². The van der Waals surface area contributed by atoms with Crippen molar-refractivity contribution in [1.82, 2.24) is 0 Å². The fourth-order valence-corrected chi connectivity index (χ4v) is 3.68. The second-order valence-electron chi connectivity index (χ2n) is 8.42. The maximum atomic E-state index is 13.6. The molecule has 37 heavy (non-hydrogen) atoms. The molecule has 0 fully saturated rings. The minimum absolute atomic E-state index is 0.0302. The summed E-state index contributed by atoms with van der Waals surface area (Å²) in [5.41, 5.74) is 2.38. The third kappa shape index (κ3) is 7.95. The zero-order valence-electron chi connectivity index (χ0n) is 20.4. The molecule has 0 aliphatic rings. The summed E-state index contributed by atoms with van der Waals surface area (Å²) in [4.78, 5) is 12.1. The van der Waals surface area contributed by atoms with Crippen molar-refractivity contribution in [1.29, 1.82) is 0 Å². The largest absolute Gasteiger partial charge is 0.456 e. The number of para-hydroxylation sites is 1. The van der Waals surface area contributed by atoms with Crippen LogP contribution in [-0.4, -0.2) is 5.91 Å². The molecular formula is C29H26ClF4NO2. The van der Waals surface area contributed by atoms with Crippen molar-refractivity contribution >= 4 is 23.2 Å². The van der Waals surface area contributed by atoms with Gasteiger partial charge in [0.2, 0.25) is 0 Å². The average Bonchev–Trinajstić information content (AvgIpc) is 3.33. The summed E-state index contributed by atoms with van der Waals surface area (Å²) >= 11 is 5.99. The number of amides is 1. The Bertz CT molecular complexity index is 1350. The molecular weight excluding hydrogens is 506 g/mol. The molecule has 1 heterocycles. The van der Waals surface area contributed by atoms with Gasteiger partial charge in [-0.1, -0.05) is 43.1 Å². The number of furan rings is 1. The van der Waals surface area contributed by atoms with E-state index in [9.17, 15) is 22.4 Å². The molecule has 3 aromatic carbocycles. The zero-order chi connectivity index (χ0) is 26.9. The highest BCUT2D eigenvalue weighted by Gasteiger charge is 2.17. The Hall–Kier alpha value is -3.58. The van der Waals surface area contributed by atoms with Gasteiger partial charge >= 0.3 is 0 Å². The Morgan fingerprint density at radius 1 is 0.892 bits per heavy atom. The van der Waals surface area contributed by atoms with Gasteiger partial charge in [0, 0.05) is 11.4 Å². The van der Waals surface area contributed by atoms with Crippen LogP contribution in [0.15, 0.2) is 71.1 Å². The van der Waals surface area contributed by atoms with Crippen LogP contribution in [0.25, 0.3) is 0 Å². The Balaban J connectivity index is 0.000000266. The molecule has 0 atom stereocenters. The van der Waals surface area contributed by atoms with Crippen molar-refractivity contribution in [2.24, 2.45) is 0 Å². The lowest BCUT2D eigenvalue weighted by molar-refractivity contribution is 0.0994. The molecule has 0 unspecified atom stereocenters. The summed E-state index contributed by atoms with van der Waals surface area (Å²) in [5, 5.41) is 2.80. The number of aryl methyl sites for hydroxylation is 2. The topological polar surface area (TPSA) is 42.2 Å². The first kappa shape index (κ1) is 28.0. The summed E-state index contributed by atoms with van der Waals surface area (Å²) in [7, 11) is 0. The highest BCUT2D eigenvalue weighted by molar-refractivity contribution is 6.30. The molecule has 0 aliphatic heterocycles. The van der Waals surface area contributed by atoms with Gasteiger partial charge in [-0.25, -0.2) is 17.6 Å². The van der Waals surface area contributed by atoms with E-state index >= 15 is 0 Å². The van der Waals surface area contributed by atoms with E-state index < -0.39 is 34.9 Å². The van der Waals surface area contributed by atoms with Gasteiger partial charge in [0.1, 0.15) is 23.1 Å². The molecule has 8 heteroatoms.